The van der Waals surface area contributed by atoms with E-state index in [0.29, 0.717) is 11.4 Å². The molecule has 4 aromatic heterocycles. The number of fused-ring (bicyclic) bond motifs is 3. The van der Waals surface area contributed by atoms with Crippen molar-refractivity contribution in [3.8, 4) is 16.8 Å². The number of halogens is 3. The van der Waals surface area contributed by atoms with Gasteiger partial charge in [0.15, 0.2) is 0 Å². The number of rotatable bonds is 4. The molecule has 12 heteroatoms. The van der Waals surface area contributed by atoms with Crippen LogP contribution in [-0.4, -0.2) is 40.6 Å². The van der Waals surface area contributed by atoms with Gasteiger partial charge in [-0.3, -0.25) is 9.78 Å². The minimum absolute atomic E-state index is 0.0570. The molecule has 0 bridgehead atoms. The predicted molar refractivity (Wildman–Crippen MR) is 134 cm³/mol. The van der Waals surface area contributed by atoms with Crippen molar-refractivity contribution < 1.29 is 18.0 Å². The summed E-state index contributed by atoms with van der Waals surface area (Å²) in [6.07, 6.45) is 2.46. The molecule has 38 heavy (non-hydrogen) atoms. The number of aryl methyl sites for hydroxylation is 1. The zero-order valence-electron chi connectivity index (χ0n) is 19.7. The predicted octanol–water partition coefficient (Wildman–Crippen LogP) is 5.33. The Balaban J connectivity index is 1.34. The number of aromatic nitrogens is 7. The topological polar surface area (TPSA) is 114 Å². The number of nitrogens with zero attached hydrogens (tertiary/aromatic N) is 6. The second-order valence-corrected chi connectivity index (χ2v) is 8.59. The van der Waals surface area contributed by atoms with Gasteiger partial charge in [0.1, 0.15) is 24.6 Å². The SMILES string of the molecule is Cc1ncc(NC(=O)c2cc(-n3cncn3)cc(C(F)(F)F)c2)cc1-c1ccc2c(c1)[nH]c1ncncc12. The van der Waals surface area contributed by atoms with Crippen LogP contribution >= 0.6 is 0 Å². The number of hydrogen-bond acceptors (Lipinski definition) is 6. The molecule has 6 rings (SSSR count). The van der Waals surface area contributed by atoms with E-state index in [1.807, 2.05) is 25.1 Å². The minimum atomic E-state index is -4.66. The minimum Gasteiger partial charge on any atom is -0.339 e. The number of anilines is 1. The summed E-state index contributed by atoms with van der Waals surface area (Å²) in [5.41, 5.74) is 3.10. The van der Waals surface area contributed by atoms with Crippen LogP contribution in [0, 0.1) is 6.92 Å². The molecule has 0 fully saturated rings. The van der Waals surface area contributed by atoms with E-state index in [9.17, 15) is 18.0 Å². The zero-order valence-corrected chi connectivity index (χ0v) is 19.7. The van der Waals surface area contributed by atoms with Gasteiger partial charge in [-0.25, -0.2) is 19.6 Å². The quantitative estimate of drug-likeness (QED) is 0.329. The maximum atomic E-state index is 13.5. The Morgan fingerprint density at radius 3 is 2.63 bits per heavy atom. The maximum Gasteiger partial charge on any atom is 0.416 e. The van der Waals surface area contributed by atoms with Gasteiger partial charge in [0.2, 0.25) is 0 Å². The van der Waals surface area contributed by atoms with Gasteiger partial charge in [-0.2, -0.15) is 18.3 Å². The molecule has 0 saturated carbocycles. The van der Waals surface area contributed by atoms with Crippen molar-refractivity contribution in [2.75, 3.05) is 5.32 Å². The number of carbonyl (C=O) groups excluding carboxylic acids is 1. The molecule has 2 N–H and O–H groups in total. The average molecular weight is 514 g/mol. The lowest BCUT2D eigenvalue weighted by Gasteiger charge is -2.13. The third-order valence-corrected chi connectivity index (χ3v) is 6.12. The van der Waals surface area contributed by atoms with Crippen LogP contribution < -0.4 is 5.32 Å². The van der Waals surface area contributed by atoms with E-state index in [4.69, 9.17) is 0 Å². The molecule has 0 atom stereocenters. The molecule has 0 radical (unpaired) electrons. The van der Waals surface area contributed by atoms with Gasteiger partial charge in [-0.1, -0.05) is 12.1 Å². The van der Waals surface area contributed by atoms with Gasteiger partial charge in [-0.05, 0) is 42.8 Å². The van der Waals surface area contributed by atoms with Crippen molar-refractivity contribution in [3.05, 3.63) is 90.7 Å². The number of pyridine rings is 1. The van der Waals surface area contributed by atoms with Crippen molar-refractivity contribution in [2.45, 2.75) is 13.1 Å². The second-order valence-electron chi connectivity index (χ2n) is 8.59. The van der Waals surface area contributed by atoms with Gasteiger partial charge in [0, 0.05) is 39.3 Å². The molecular weight excluding hydrogens is 497 g/mol. The molecule has 1 amide bonds. The van der Waals surface area contributed by atoms with Gasteiger partial charge in [-0.15, -0.1) is 0 Å². The van der Waals surface area contributed by atoms with E-state index in [2.05, 4.69) is 35.3 Å². The third-order valence-electron chi connectivity index (χ3n) is 6.12. The molecule has 4 heterocycles. The summed E-state index contributed by atoms with van der Waals surface area (Å²) < 4.78 is 41.8. The van der Waals surface area contributed by atoms with Crippen LogP contribution in [0.1, 0.15) is 21.6 Å². The van der Waals surface area contributed by atoms with Crippen LogP contribution in [0.25, 0.3) is 38.8 Å². The number of hydrogen-bond donors (Lipinski definition) is 2. The molecule has 0 saturated heterocycles. The van der Waals surface area contributed by atoms with E-state index in [1.54, 1.807) is 12.3 Å². The van der Waals surface area contributed by atoms with E-state index < -0.39 is 17.6 Å². The number of nitrogens with one attached hydrogen (secondary N) is 2. The van der Waals surface area contributed by atoms with Crippen molar-refractivity contribution in [2.24, 2.45) is 0 Å². The molecule has 0 spiro atoms. The largest absolute Gasteiger partial charge is 0.416 e. The van der Waals surface area contributed by atoms with Crippen LogP contribution in [0.15, 0.2) is 73.8 Å². The Bertz CT molecular complexity index is 1830. The monoisotopic (exact) mass is 514 g/mol. The summed E-state index contributed by atoms with van der Waals surface area (Å²) in [6.45, 7) is 1.83. The fourth-order valence-electron chi connectivity index (χ4n) is 4.28. The Morgan fingerprint density at radius 1 is 0.974 bits per heavy atom. The molecule has 0 unspecified atom stereocenters. The summed E-state index contributed by atoms with van der Waals surface area (Å²) in [5.74, 6) is -0.723. The first kappa shape index (κ1) is 23.3. The Morgan fingerprint density at radius 2 is 1.84 bits per heavy atom. The summed E-state index contributed by atoms with van der Waals surface area (Å²) in [4.78, 5) is 32.8. The fraction of sp³-hybridized carbons (Fsp3) is 0.0769. The van der Waals surface area contributed by atoms with Crippen LogP contribution in [-0.2, 0) is 6.18 Å². The van der Waals surface area contributed by atoms with Crippen LogP contribution in [0.4, 0.5) is 18.9 Å². The first-order valence-electron chi connectivity index (χ1n) is 11.3. The molecular formula is C26H17F3N8O. The molecule has 0 aliphatic heterocycles. The first-order valence-corrected chi connectivity index (χ1v) is 11.3. The second kappa shape index (κ2) is 8.76. The van der Waals surface area contributed by atoms with E-state index in [-0.39, 0.29) is 11.3 Å². The Hall–Kier alpha value is -5.13. The summed E-state index contributed by atoms with van der Waals surface area (Å²) in [6, 6.07) is 10.6. The van der Waals surface area contributed by atoms with Gasteiger partial charge in [0.05, 0.1) is 23.1 Å². The van der Waals surface area contributed by atoms with Crippen molar-refractivity contribution in [3.63, 3.8) is 0 Å². The Labute approximate surface area is 212 Å². The third kappa shape index (κ3) is 4.21. The number of H-pyrrole nitrogens is 1. The Kier molecular flexibility index (Phi) is 5.37. The lowest BCUT2D eigenvalue weighted by Crippen LogP contribution is -2.15. The number of amides is 1. The number of aromatic amines is 1. The molecule has 9 nitrogen and oxygen atoms in total. The highest BCUT2D eigenvalue weighted by Gasteiger charge is 2.32. The van der Waals surface area contributed by atoms with E-state index in [0.717, 1.165) is 49.9 Å². The molecule has 0 aliphatic rings. The highest BCUT2D eigenvalue weighted by Crippen LogP contribution is 2.33. The molecule has 2 aromatic carbocycles. The first-order chi connectivity index (χ1) is 18.3. The number of carbonyl (C=O) groups is 1. The average Bonchev–Trinajstić information content (AvgIpc) is 3.57. The molecule has 0 aliphatic carbocycles. The zero-order chi connectivity index (χ0) is 26.4. The van der Waals surface area contributed by atoms with Crippen LogP contribution in [0.2, 0.25) is 0 Å². The van der Waals surface area contributed by atoms with Crippen molar-refractivity contribution in [1.29, 1.82) is 0 Å². The lowest BCUT2D eigenvalue weighted by atomic mass is 10.0. The highest BCUT2D eigenvalue weighted by atomic mass is 19.4. The fourth-order valence-corrected chi connectivity index (χ4v) is 4.28. The van der Waals surface area contributed by atoms with E-state index >= 15 is 0 Å². The summed E-state index contributed by atoms with van der Waals surface area (Å²) in [7, 11) is 0. The molecule has 188 valence electrons. The lowest BCUT2D eigenvalue weighted by molar-refractivity contribution is -0.137. The summed E-state index contributed by atoms with van der Waals surface area (Å²) in [5, 5.41) is 8.40. The van der Waals surface area contributed by atoms with Gasteiger partial charge < -0.3 is 10.3 Å². The standard InChI is InChI=1S/C26H17F3N8O/c1-14-21(15-2-3-20-22-10-30-11-33-24(22)36-23(20)6-15)8-18(9-32-14)35-25(38)16-4-17(26(27,28)29)7-19(5-16)37-13-31-12-34-37/h2-13H,1H3,(H,35,38)(H,30,33,36). The van der Waals surface area contributed by atoms with Gasteiger partial charge in [0.25, 0.3) is 5.91 Å². The van der Waals surface area contributed by atoms with Gasteiger partial charge >= 0.3 is 6.18 Å². The van der Waals surface area contributed by atoms with Crippen molar-refractivity contribution in [1.82, 2.24) is 34.7 Å². The smallest absolute Gasteiger partial charge is 0.339 e. The summed E-state index contributed by atoms with van der Waals surface area (Å²) >= 11 is 0. The molecule has 6 aromatic rings. The normalized spacial score (nSPS) is 11.8. The number of benzene rings is 2. The van der Waals surface area contributed by atoms with Crippen LogP contribution in [0.3, 0.4) is 0 Å². The number of alkyl halides is 3. The van der Waals surface area contributed by atoms with Crippen LogP contribution in [0.5, 0.6) is 0 Å². The van der Waals surface area contributed by atoms with Crippen molar-refractivity contribution >= 4 is 33.5 Å². The highest BCUT2D eigenvalue weighted by molar-refractivity contribution is 6.07. The maximum absolute atomic E-state index is 13.5. The van der Waals surface area contributed by atoms with E-state index in [1.165, 1.54) is 31.2 Å².